The minimum atomic E-state index is 0.158. The molecule has 0 saturated heterocycles. The average molecular weight is 260 g/mol. The first-order valence-electron chi connectivity index (χ1n) is 4.54. The van der Waals surface area contributed by atoms with Gasteiger partial charge in [0, 0.05) is 7.05 Å². The Morgan fingerprint density at radius 3 is 2.86 bits per heavy atom. The lowest BCUT2D eigenvalue weighted by Crippen LogP contribution is -2.12. The molecule has 1 heterocycles. The molecule has 0 aliphatic carbocycles. The van der Waals surface area contributed by atoms with Crippen molar-refractivity contribution >= 4 is 21.7 Å². The largest absolute Gasteiger partial charge is 0.474 e. The number of rotatable bonds is 4. The molecule has 0 aliphatic heterocycles. The van der Waals surface area contributed by atoms with Crippen LogP contribution in [0.15, 0.2) is 10.8 Å². The number of hydrogen-bond acceptors (Lipinski definition) is 4. The van der Waals surface area contributed by atoms with Crippen LogP contribution in [0.5, 0.6) is 5.88 Å². The van der Waals surface area contributed by atoms with Gasteiger partial charge in [-0.3, -0.25) is 0 Å². The summed E-state index contributed by atoms with van der Waals surface area (Å²) in [6.07, 6.45) is 2.59. The number of nitrogens with zero attached hydrogens (tertiary/aromatic N) is 2. The Kier molecular flexibility index (Phi) is 4.13. The molecule has 1 atom stereocenters. The van der Waals surface area contributed by atoms with Gasteiger partial charge in [0.2, 0.25) is 5.88 Å². The number of anilines is 1. The molecule has 1 aromatic heterocycles. The number of ether oxygens (including phenoxy) is 1. The first-order valence-corrected chi connectivity index (χ1v) is 5.33. The fourth-order valence-corrected chi connectivity index (χ4v) is 1.38. The molecule has 14 heavy (non-hydrogen) atoms. The van der Waals surface area contributed by atoms with E-state index in [4.69, 9.17) is 4.74 Å². The maximum Gasteiger partial charge on any atom is 0.233 e. The molecule has 0 bridgehead atoms. The van der Waals surface area contributed by atoms with E-state index in [1.165, 1.54) is 6.33 Å². The molecule has 1 aromatic rings. The Morgan fingerprint density at radius 1 is 1.57 bits per heavy atom. The molecule has 0 amide bonds. The van der Waals surface area contributed by atoms with Crippen molar-refractivity contribution in [3.8, 4) is 5.88 Å². The Labute approximate surface area is 92.2 Å². The van der Waals surface area contributed by atoms with Crippen LogP contribution in [0, 0.1) is 0 Å². The van der Waals surface area contributed by atoms with E-state index in [0.717, 1.165) is 16.7 Å². The van der Waals surface area contributed by atoms with Crippen LogP contribution in [0.2, 0.25) is 0 Å². The van der Waals surface area contributed by atoms with E-state index in [0.29, 0.717) is 5.88 Å². The van der Waals surface area contributed by atoms with Gasteiger partial charge in [-0.25, -0.2) is 9.97 Å². The van der Waals surface area contributed by atoms with Crippen molar-refractivity contribution in [1.29, 1.82) is 0 Å². The zero-order valence-corrected chi connectivity index (χ0v) is 10.1. The number of halogens is 1. The van der Waals surface area contributed by atoms with Crippen LogP contribution in [-0.4, -0.2) is 23.1 Å². The van der Waals surface area contributed by atoms with Gasteiger partial charge in [0.25, 0.3) is 0 Å². The molecule has 1 unspecified atom stereocenters. The van der Waals surface area contributed by atoms with Gasteiger partial charge >= 0.3 is 0 Å². The highest BCUT2D eigenvalue weighted by molar-refractivity contribution is 9.10. The van der Waals surface area contributed by atoms with E-state index in [1.807, 2.05) is 6.92 Å². The number of nitrogens with one attached hydrogen (secondary N) is 1. The molecule has 0 aliphatic rings. The third kappa shape index (κ3) is 2.57. The topological polar surface area (TPSA) is 47.0 Å². The van der Waals surface area contributed by atoms with E-state index in [-0.39, 0.29) is 6.10 Å². The molecule has 0 aromatic carbocycles. The number of hydrogen-bond donors (Lipinski definition) is 1. The van der Waals surface area contributed by atoms with Crippen molar-refractivity contribution in [2.45, 2.75) is 26.4 Å². The maximum atomic E-state index is 5.60. The molecule has 0 radical (unpaired) electrons. The van der Waals surface area contributed by atoms with E-state index in [2.05, 4.69) is 38.1 Å². The summed E-state index contributed by atoms with van der Waals surface area (Å²) >= 11 is 3.39. The number of aromatic nitrogens is 2. The molecule has 0 spiro atoms. The first-order chi connectivity index (χ1) is 6.69. The second-order valence-corrected chi connectivity index (χ2v) is 3.72. The summed E-state index contributed by atoms with van der Waals surface area (Å²) in [6.45, 7) is 4.08. The minimum absolute atomic E-state index is 0.158. The van der Waals surface area contributed by atoms with E-state index >= 15 is 0 Å². The van der Waals surface area contributed by atoms with E-state index in [1.54, 1.807) is 7.05 Å². The summed E-state index contributed by atoms with van der Waals surface area (Å²) in [5.41, 5.74) is 0. The van der Waals surface area contributed by atoms with Gasteiger partial charge in [0.05, 0.1) is 6.10 Å². The lowest BCUT2D eigenvalue weighted by molar-refractivity contribution is 0.207. The van der Waals surface area contributed by atoms with Crippen molar-refractivity contribution in [2.75, 3.05) is 12.4 Å². The third-order valence-corrected chi connectivity index (χ3v) is 2.60. The predicted octanol–water partition coefficient (Wildman–Crippen LogP) is 2.46. The summed E-state index contributed by atoms with van der Waals surface area (Å²) in [5, 5.41) is 2.95. The van der Waals surface area contributed by atoms with Crippen molar-refractivity contribution in [3.05, 3.63) is 10.8 Å². The van der Waals surface area contributed by atoms with Gasteiger partial charge < -0.3 is 10.1 Å². The van der Waals surface area contributed by atoms with Crippen LogP contribution in [0.3, 0.4) is 0 Å². The Morgan fingerprint density at radius 2 is 2.29 bits per heavy atom. The molecule has 1 rings (SSSR count). The standard InChI is InChI=1S/C9H14BrN3O/c1-4-6(2)14-9-7(10)8(11-3)12-5-13-9/h5-6H,4H2,1-3H3,(H,11,12,13). The molecule has 4 nitrogen and oxygen atoms in total. The fourth-order valence-electron chi connectivity index (χ4n) is 0.884. The minimum Gasteiger partial charge on any atom is -0.474 e. The van der Waals surface area contributed by atoms with Crippen molar-refractivity contribution in [1.82, 2.24) is 9.97 Å². The van der Waals surface area contributed by atoms with Gasteiger partial charge in [0.1, 0.15) is 16.6 Å². The monoisotopic (exact) mass is 259 g/mol. The van der Waals surface area contributed by atoms with E-state index in [9.17, 15) is 0 Å². The second kappa shape index (κ2) is 5.14. The molecule has 0 saturated carbocycles. The molecule has 5 heteroatoms. The average Bonchev–Trinajstić information content (AvgIpc) is 2.21. The highest BCUT2D eigenvalue weighted by atomic mass is 79.9. The smallest absolute Gasteiger partial charge is 0.233 e. The van der Waals surface area contributed by atoms with Crippen LogP contribution in [0.1, 0.15) is 20.3 Å². The summed E-state index contributed by atoms with van der Waals surface area (Å²) in [7, 11) is 1.81. The van der Waals surface area contributed by atoms with Crippen LogP contribution in [0.4, 0.5) is 5.82 Å². The van der Waals surface area contributed by atoms with Gasteiger partial charge in [-0.15, -0.1) is 0 Å². The lowest BCUT2D eigenvalue weighted by atomic mass is 10.3. The van der Waals surface area contributed by atoms with Crippen molar-refractivity contribution in [3.63, 3.8) is 0 Å². The molecule has 78 valence electrons. The zero-order valence-electron chi connectivity index (χ0n) is 8.54. The third-order valence-electron chi connectivity index (χ3n) is 1.88. The van der Waals surface area contributed by atoms with E-state index < -0.39 is 0 Å². The van der Waals surface area contributed by atoms with Gasteiger partial charge in [-0.2, -0.15) is 0 Å². The van der Waals surface area contributed by atoms with Crippen molar-refractivity contribution in [2.24, 2.45) is 0 Å². The Balaban J connectivity index is 2.86. The van der Waals surface area contributed by atoms with Crippen molar-refractivity contribution < 1.29 is 4.74 Å². The SMILES string of the molecule is CCC(C)Oc1ncnc(NC)c1Br. The highest BCUT2D eigenvalue weighted by Gasteiger charge is 2.10. The Bertz CT molecular complexity index is 306. The quantitative estimate of drug-likeness (QED) is 0.903. The highest BCUT2D eigenvalue weighted by Crippen LogP contribution is 2.28. The van der Waals surface area contributed by atoms with Gasteiger partial charge in [0.15, 0.2) is 0 Å². The molecule has 0 fully saturated rings. The molecular formula is C9H14BrN3O. The summed E-state index contributed by atoms with van der Waals surface area (Å²) < 4.78 is 6.37. The summed E-state index contributed by atoms with van der Waals surface area (Å²) in [5.74, 6) is 1.32. The predicted molar refractivity (Wildman–Crippen MR) is 59.7 cm³/mol. The lowest BCUT2D eigenvalue weighted by Gasteiger charge is -2.13. The first kappa shape index (κ1) is 11.2. The summed E-state index contributed by atoms with van der Waals surface area (Å²) in [6, 6.07) is 0. The van der Waals surface area contributed by atoms with Gasteiger partial charge in [-0.05, 0) is 29.3 Å². The van der Waals surface area contributed by atoms with Gasteiger partial charge in [-0.1, -0.05) is 6.92 Å². The fraction of sp³-hybridized carbons (Fsp3) is 0.556. The Hall–Kier alpha value is -0.840. The molecular weight excluding hydrogens is 246 g/mol. The van der Waals surface area contributed by atoms with Crippen LogP contribution >= 0.6 is 15.9 Å². The molecule has 1 N–H and O–H groups in total. The summed E-state index contributed by atoms with van der Waals surface area (Å²) in [4.78, 5) is 8.10. The second-order valence-electron chi connectivity index (χ2n) is 2.93. The normalized spacial score (nSPS) is 12.3. The van der Waals surface area contributed by atoms with Crippen LogP contribution in [0.25, 0.3) is 0 Å². The van der Waals surface area contributed by atoms with Crippen LogP contribution < -0.4 is 10.1 Å². The maximum absolute atomic E-state index is 5.60. The zero-order chi connectivity index (χ0) is 10.6. The van der Waals surface area contributed by atoms with Crippen LogP contribution in [-0.2, 0) is 0 Å².